The first-order valence-electron chi connectivity index (χ1n) is 5.27. The molecule has 1 heterocycles. The molecule has 1 aromatic carbocycles. The van der Waals surface area contributed by atoms with Gasteiger partial charge in [-0.25, -0.2) is 4.68 Å². The van der Waals surface area contributed by atoms with Gasteiger partial charge < -0.3 is 5.73 Å². The van der Waals surface area contributed by atoms with Crippen molar-refractivity contribution in [2.75, 3.05) is 5.73 Å². The van der Waals surface area contributed by atoms with Crippen LogP contribution in [0.3, 0.4) is 0 Å². The Morgan fingerprint density at radius 1 is 1.50 bits per heavy atom. The maximum Gasteiger partial charge on any atom is 0.274 e. The molecule has 0 saturated carbocycles. The Hall–Kier alpha value is -2.57. The molecular formula is C11H12N4O3. The Balaban J connectivity index is 2.49. The Morgan fingerprint density at radius 2 is 2.22 bits per heavy atom. The molecule has 0 aliphatic carbocycles. The van der Waals surface area contributed by atoms with Crippen molar-refractivity contribution in [3.63, 3.8) is 0 Å². The van der Waals surface area contributed by atoms with Crippen LogP contribution in [0.4, 0.5) is 11.5 Å². The molecular weight excluding hydrogens is 236 g/mol. The Morgan fingerprint density at radius 3 is 2.78 bits per heavy atom. The van der Waals surface area contributed by atoms with E-state index in [2.05, 4.69) is 5.10 Å². The van der Waals surface area contributed by atoms with E-state index in [1.165, 1.54) is 16.8 Å². The van der Waals surface area contributed by atoms with E-state index >= 15 is 0 Å². The summed E-state index contributed by atoms with van der Waals surface area (Å²) in [6.45, 7) is 1.86. The van der Waals surface area contributed by atoms with Crippen LogP contribution in [-0.2, 0) is 6.54 Å². The second-order valence-corrected chi connectivity index (χ2v) is 3.97. The minimum atomic E-state index is -0.459. The van der Waals surface area contributed by atoms with Crippen LogP contribution < -0.4 is 11.3 Å². The third-order valence-corrected chi connectivity index (χ3v) is 2.71. The number of rotatable bonds is 3. The van der Waals surface area contributed by atoms with Gasteiger partial charge in [0.1, 0.15) is 5.82 Å². The topological polar surface area (TPSA) is 107 Å². The Bertz CT molecular complexity index is 657. The standard InChI is InChI=1S/C11H12N4O3/c1-7-3-2-4-9(15(17)18)8(7)6-14-11(16)5-10(12)13-14/h2-5,13H,6,12H2,1H3. The number of hydrogen-bond donors (Lipinski definition) is 2. The molecule has 18 heavy (non-hydrogen) atoms. The van der Waals surface area contributed by atoms with Gasteiger partial charge in [0.2, 0.25) is 0 Å². The molecule has 0 amide bonds. The molecule has 0 aliphatic heterocycles. The average molecular weight is 248 g/mol. The maximum absolute atomic E-state index is 11.5. The summed E-state index contributed by atoms with van der Waals surface area (Å²) in [4.78, 5) is 22.0. The number of aryl methyl sites for hydroxylation is 1. The summed E-state index contributed by atoms with van der Waals surface area (Å²) in [6.07, 6.45) is 0. The zero-order valence-electron chi connectivity index (χ0n) is 9.71. The number of hydrogen-bond acceptors (Lipinski definition) is 4. The monoisotopic (exact) mass is 248 g/mol. The minimum Gasteiger partial charge on any atom is -0.384 e. The maximum atomic E-state index is 11.5. The molecule has 7 nitrogen and oxygen atoms in total. The van der Waals surface area contributed by atoms with Crippen molar-refractivity contribution >= 4 is 11.5 Å². The van der Waals surface area contributed by atoms with Crippen molar-refractivity contribution in [3.8, 4) is 0 Å². The van der Waals surface area contributed by atoms with Crippen molar-refractivity contribution in [2.45, 2.75) is 13.5 Å². The van der Waals surface area contributed by atoms with E-state index in [0.29, 0.717) is 5.56 Å². The van der Waals surface area contributed by atoms with Crippen LogP contribution in [0.2, 0.25) is 0 Å². The molecule has 0 aliphatic rings. The van der Waals surface area contributed by atoms with Crippen molar-refractivity contribution in [2.24, 2.45) is 0 Å². The number of nitro benzene ring substituents is 1. The summed E-state index contributed by atoms with van der Waals surface area (Å²) >= 11 is 0. The summed E-state index contributed by atoms with van der Waals surface area (Å²) in [5.74, 6) is 0.233. The van der Waals surface area contributed by atoms with E-state index in [-0.39, 0.29) is 23.6 Å². The predicted octanol–water partition coefficient (Wildman–Crippen LogP) is 1.02. The quantitative estimate of drug-likeness (QED) is 0.624. The molecule has 0 atom stereocenters. The lowest BCUT2D eigenvalue weighted by Crippen LogP contribution is -2.18. The van der Waals surface area contributed by atoms with Crippen LogP contribution in [0.5, 0.6) is 0 Å². The fourth-order valence-electron chi connectivity index (χ4n) is 1.79. The first kappa shape index (κ1) is 11.9. The number of nitrogens with zero attached hydrogens (tertiary/aromatic N) is 2. The zero-order valence-corrected chi connectivity index (χ0v) is 9.71. The highest BCUT2D eigenvalue weighted by atomic mass is 16.6. The molecule has 2 rings (SSSR count). The van der Waals surface area contributed by atoms with Gasteiger partial charge in [0, 0.05) is 12.1 Å². The number of nitrogens with one attached hydrogen (secondary N) is 1. The third kappa shape index (κ3) is 2.10. The number of aromatic amines is 1. The van der Waals surface area contributed by atoms with Crippen LogP contribution in [0.25, 0.3) is 0 Å². The summed E-state index contributed by atoms with van der Waals surface area (Å²) in [5.41, 5.74) is 6.39. The van der Waals surface area contributed by atoms with E-state index < -0.39 is 4.92 Å². The molecule has 0 saturated heterocycles. The Labute approximate surface area is 102 Å². The van der Waals surface area contributed by atoms with Crippen LogP contribution in [0.15, 0.2) is 29.1 Å². The first-order valence-corrected chi connectivity index (χ1v) is 5.27. The van der Waals surface area contributed by atoms with Gasteiger partial charge in [0.05, 0.1) is 17.0 Å². The van der Waals surface area contributed by atoms with Gasteiger partial charge in [-0.15, -0.1) is 0 Å². The van der Waals surface area contributed by atoms with E-state index in [1.54, 1.807) is 19.1 Å². The first-order chi connectivity index (χ1) is 8.49. The molecule has 0 spiro atoms. The third-order valence-electron chi connectivity index (χ3n) is 2.71. The van der Waals surface area contributed by atoms with Crippen LogP contribution in [0, 0.1) is 17.0 Å². The SMILES string of the molecule is Cc1cccc([N+](=O)[O-])c1Cn1[nH]c(N)cc1=O. The fraction of sp³-hybridized carbons (Fsp3) is 0.182. The Kier molecular flexibility index (Phi) is 2.88. The molecule has 3 N–H and O–H groups in total. The number of H-pyrrole nitrogens is 1. The van der Waals surface area contributed by atoms with Crippen LogP contribution >= 0.6 is 0 Å². The van der Waals surface area contributed by atoms with Gasteiger partial charge in [0.15, 0.2) is 0 Å². The number of nitro groups is 1. The van der Waals surface area contributed by atoms with Crippen LogP contribution in [0.1, 0.15) is 11.1 Å². The fourth-order valence-corrected chi connectivity index (χ4v) is 1.79. The smallest absolute Gasteiger partial charge is 0.274 e. The van der Waals surface area contributed by atoms with Gasteiger partial charge in [-0.2, -0.15) is 0 Å². The van der Waals surface area contributed by atoms with E-state index in [4.69, 9.17) is 5.73 Å². The zero-order chi connectivity index (χ0) is 13.3. The lowest BCUT2D eigenvalue weighted by molar-refractivity contribution is -0.385. The van der Waals surface area contributed by atoms with Gasteiger partial charge in [-0.1, -0.05) is 12.1 Å². The largest absolute Gasteiger partial charge is 0.384 e. The number of nitrogens with two attached hydrogens (primary N) is 1. The summed E-state index contributed by atoms with van der Waals surface area (Å²) < 4.78 is 1.24. The second kappa shape index (κ2) is 4.36. The van der Waals surface area contributed by atoms with Crippen molar-refractivity contribution in [1.29, 1.82) is 0 Å². The van der Waals surface area contributed by atoms with E-state index in [0.717, 1.165) is 5.56 Å². The molecule has 0 fully saturated rings. The lowest BCUT2D eigenvalue weighted by atomic mass is 10.1. The number of nitrogen functional groups attached to an aromatic ring is 1. The van der Waals surface area contributed by atoms with E-state index in [9.17, 15) is 14.9 Å². The average Bonchev–Trinajstić information content (AvgIpc) is 2.60. The molecule has 7 heteroatoms. The summed E-state index contributed by atoms with van der Waals surface area (Å²) in [5, 5.41) is 13.6. The normalized spacial score (nSPS) is 10.5. The molecule has 0 unspecified atom stereocenters. The molecule has 94 valence electrons. The molecule has 2 aromatic rings. The van der Waals surface area contributed by atoms with Gasteiger partial charge in [-0.3, -0.25) is 20.0 Å². The van der Waals surface area contributed by atoms with Gasteiger partial charge in [0.25, 0.3) is 11.2 Å². The highest BCUT2D eigenvalue weighted by Gasteiger charge is 2.16. The summed E-state index contributed by atoms with van der Waals surface area (Å²) in [6, 6.07) is 6.03. The predicted molar refractivity (Wildman–Crippen MR) is 66.4 cm³/mol. The second-order valence-electron chi connectivity index (χ2n) is 3.97. The van der Waals surface area contributed by atoms with Crippen molar-refractivity contribution in [3.05, 3.63) is 55.9 Å². The summed E-state index contributed by atoms with van der Waals surface area (Å²) in [7, 11) is 0. The van der Waals surface area contributed by atoms with Gasteiger partial charge >= 0.3 is 0 Å². The van der Waals surface area contributed by atoms with Gasteiger partial charge in [-0.05, 0) is 12.5 Å². The highest BCUT2D eigenvalue weighted by Crippen LogP contribution is 2.22. The minimum absolute atomic E-state index is 0.00456. The number of anilines is 1. The van der Waals surface area contributed by atoms with Crippen molar-refractivity contribution in [1.82, 2.24) is 9.78 Å². The number of benzene rings is 1. The lowest BCUT2D eigenvalue weighted by Gasteiger charge is -2.07. The van der Waals surface area contributed by atoms with Crippen LogP contribution in [-0.4, -0.2) is 14.7 Å². The highest BCUT2D eigenvalue weighted by molar-refractivity contribution is 5.45. The molecule has 0 radical (unpaired) electrons. The van der Waals surface area contributed by atoms with Crippen molar-refractivity contribution < 1.29 is 4.92 Å². The molecule has 1 aromatic heterocycles. The molecule has 0 bridgehead atoms. The number of aromatic nitrogens is 2. The van der Waals surface area contributed by atoms with E-state index in [1.807, 2.05) is 0 Å².